The van der Waals surface area contributed by atoms with Crippen LogP contribution < -0.4 is 10.2 Å². The molecule has 162 valence electrons. The molecular weight excluding hydrogens is 390 g/mol. The van der Waals surface area contributed by atoms with E-state index in [4.69, 9.17) is 4.74 Å². The Hall–Kier alpha value is -2.86. The summed E-state index contributed by atoms with van der Waals surface area (Å²) in [6, 6.07) is 14.0. The van der Waals surface area contributed by atoms with E-state index in [9.17, 15) is 9.59 Å². The number of piperidine rings is 1. The van der Waals surface area contributed by atoms with Crippen LogP contribution in [0, 0.1) is 0 Å². The number of hydrogen-bond acceptors (Lipinski definition) is 4. The molecule has 0 unspecified atom stereocenters. The summed E-state index contributed by atoms with van der Waals surface area (Å²) in [4.78, 5) is 29.9. The lowest BCUT2D eigenvalue weighted by molar-refractivity contribution is -0.119. The average molecular weight is 420 g/mol. The zero-order valence-corrected chi connectivity index (χ0v) is 17.8. The highest BCUT2D eigenvalue weighted by molar-refractivity contribution is 6.04. The molecule has 1 saturated carbocycles. The van der Waals surface area contributed by atoms with Crippen LogP contribution in [0.2, 0.25) is 0 Å². The molecule has 0 aromatic heterocycles. The van der Waals surface area contributed by atoms with Gasteiger partial charge >= 0.3 is 6.09 Å². The zero-order valence-electron chi connectivity index (χ0n) is 17.8. The van der Waals surface area contributed by atoms with Gasteiger partial charge in [0.25, 0.3) is 0 Å². The third kappa shape index (κ3) is 4.59. The third-order valence-electron chi connectivity index (χ3n) is 6.32. The molecule has 2 aliphatic heterocycles. The Morgan fingerprint density at radius 2 is 1.68 bits per heavy atom. The quantitative estimate of drug-likeness (QED) is 0.784. The summed E-state index contributed by atoms with van der Waals surface area (Å²) in [7, 11) is 0. The van der Waals surface area contributed by atoms with Crippen LogP contribution in [0.25, 0.3) is 0 Å². The molecule has 6 heteroatoms. The Morgan fingerprint density at radius 1 is 0.935 bits per heavy atom. The van der Waals surface area contributed by atoms with E-state index in [1.165, 1.54) is 12.0 Å². The van der Waals surface area contributed by atoms with E-state index < -0.39 is 6.09 Å². The van der Waals surface area contributed by atoms with Crippen molar-refractivity contribution in [2.24, 2.45) is 0 Å². The number of ether oxygens (including phenoxy) is 1. The minimum absolute atomic E-state index is 0.0512. The van der Waals surface area contributed by atoms with E-state index >= 15 is 0 Å². The number of anilines is 3. The molecule has 1 saturated heterocycles. The van der Waals surface area contributed by atoms with Gasteiger partial charge in [0.05, 0.1) is 17.9 Å². The summed E-state index contributed by atoms with van der Waals surface area (Å²) in [5.41, 5.74) is 4.74. The van der Waals surface area contributed by atoms with Crippen molar-refractivity contribution in [3.8, 4) is 0 Å². The van der Waals surface area contributed by atoms with Crippen LogP contribution in [0.5, 0.6) is 0 Å². The fraction of sp³-hybridized carbons (Fsp3) is 0.440. The monoisotopic (exact) mass is 419 g/mol. The number of hydrogen-bond donors (Lipinski definition) is 1. The molecule has 2 aromatic carbocycles. The number of nitrogens with one attached hydrogen (secondary N) is 1. The van der Waals surface area contributed by atoms with Crippen molar-refractivity contribution in [3.63, 3.8) is 0 Å². The maximum Gasteiger partial charge on any atom is 0.411 e. The van der Waals surface area contributed by atoms with Gasteiger partial charge in [0.1, 0.15) is 6.10 Å². The predicted molar refractivity (Wildman–Crippen MR) is 121 cm³/mol. The topological polar surface area (TPSA) is 61.9 Å². The molecule has 0 spiro atoms. The molecule has 1 N–H and O–H groups in total. The lowest BCUT2D eigenvalue weighted by Crippen LogP contribution is -2.40. The van der Waals surface area contributed by atoms with Gasteiger partial charge in [-0.3, -0.25) is 19.9 Å². The average Bonchev–Trinajstić information content (AvgIpc) is 3.60. The molecule has 0 radical (unpaired) electrons. The Morgan fingerprint density at radius 3 is 2.45 bits per heavy atom. The SMILES string of the molecule is O=C(Nc1ccc2c(c1)N(C(=O)CN1CCCCC1)c1ccccc1CC2)OC1CC1. The van der Waals surface area contributed by atoms with E-state index in [0.29, 0.717) is 12.2 Å². The summed E-state index contributed by atoms with van der Waals surface area (Å²) in [5, 5.41) is 2.84. The summed E-state index contributed by atoms with van der Waals surface area (Å²) in [6.07, 6.45) is 6.78. The molecule has 6 nitrogen and oxygen atoms in total. The van der Waals surface area contributed by atoms with E-state index in [2.05, 4.69) is 16.3 Å². The van der Waals surface area contributed by atoms with E-state index in [-0.39, 0.29) is 12.0 Å². The second-order valence-electron chi connectivity index (χ2n) is 8.77. The fourth-order valence-corrected chi connectivity index (χ4v) is 4.53. The molecule has 31 heavy (non-hydrogen) atoms. The number of carbonyl (C=O) groups excluding carboxylic acids is 2. The molecular formula is C25H29N3O3. The highest BCUT2D eigenvalue weighted by Gasteiger charge is 2.29. The molecule has 2 amide bonds. The Kier molecular flexibility index (Phi) is 5.64. The molecule has 3 aliphatic rings. The minimum Gasteiger partial charge on any atom is -0.446 e. The Bertz CT molecular complexity index is 980. The molecule has 2 heterocycles. The number of para-hydroxylation sites is 1. The van der Waals surface area contributed by atoms with Crippen LogP contribution >= 0.6 is 0 Å². The van der Waals surface area contributed by atoms with Gasteiger partial charge in [0.2, 0.25) is 5.91 Å². The number of fused-ring (bicyclic) bond motifs is 2. The van der Waals surface area contributed by atoms with Crippen LogP contribution in [-0.2, 0) is 22.4 Å². The molecule has 1 aliphatic carbocycles. The maximum atomic E-state index is 13.6. The summed E-state index contributed by atoms with van der Waals surface area (Å²) in [5.74, 6) is 0.0789. The maximum absolute atomic E-state index is 13.6. The predicted octanol–water partition coefficient (Wildman–Crippen LogP) is 4.65. The number of amides is 2. The van der Waals surface area contributed by atoms with Crippen LogP contribution in [0.15, 0.2) is 42.5 Å². The summed E-state index contributed by atoms with van der Waals surface area (Å²) < 4.78 is 5.33. The van der Waals surface area contributed by atoms with Crippen LogP contribution in [0.4, 0.5) is 21.9 Å². The van der Waals surface area contributed by atoms with Crippen molar-refractivity contribution >= 4 is 29.1 Å². The first kappa shape index (κ1) is 20.1. The van der Waals surface area contributed by atoms with Crippen molar-refractivity contribution in [1.29, 1.82) is 0 Å². The lowest BCUT2D eigenvalue weighted by atomic mass is 10.0. The van der Waals surface area contributed by atoms with Crippen molar-refractivity contribution in [3.05, 3.63) is 53.6 Å². The first-order valence-electron chi connectivity index (χ1n) is 11.4. The van der Waals surface area contributed by atoms with Crippen molar-refractivity contribution in [1.82, 2.24) is 4.90 Å². The number of likely N-dealkylation sites (tertiary alicyclic amines) is 1. The van der Waals surface area contributed by atoms with Crippen LogP contribution in [-0.4, -0.2) is 42.6 Å². The van der Waals surface area contributed by atoms with Gasteiger partial charge < -0.3 is 4.74 Å². The highest BCUT2D eigenvalue weighted by Crippen LogP contribution is 2.38. The number of benzene rings is 2. The van der Waals surface area contributed by atoms with E-state index in [1.807, 2.05) is 41.3 Å². The highest BCUT2D eigenvalue weighted by atomic mass is 16.6. The molecule has 0 bridgehead atoms. The van der Waals surface area contributed by atoms with Crippen molar-refractivity contribution in [2.45, 2.75) is 51.0 Å². The van der Waals surface area contributed by atoms with E-state index in [0.717, 1.165) is 68.6 Å². The number of rotatable bonds is 4. The standard InChI is InChI=1S/C25H29N3O3/c29-24(17-27-14-4-1-5-15-27)28-22-7-3-2-6-18(22)8-9-19-10-11-20(16-23(19)28)26-25(30)31-21-12-13-21/h2-3,6-7,10-11,16,21H,1,4-5,8-9,12-15,17H2,(H,26,30). The number of carbonyl (C=O) groups is 2. The Balaban J connectivity index is 1.46. The van der Waals surface area contributed by atoms with Crippen LogP contribution in [0.3, 0.4) is 0 Å². The van der Waals surface area contributed by atoms with Gasteiger partial charge in [-0.2, -0.15) is 0 Å². The van der Waals surface area contributed by atoms with Gasteiger partial charge in [-0.15, -0.1) is 0 Å². The van der Waals surface area contributed by atoms with Gasteiger partial charge in [0.15, 0.2) is 0 Å². The number of nitrogens with zero attached hydrogens (tertiary/aromatic N) is 2. The van der Waals surface area contributed by atoms with Crippen molar-refractivity contribution < 1.29 is 14.3 Å². The Labute approximate surface area is 183 Å². The third-order valence-corrected chi connectivity index (χ3v) is 6.32. The van der Waals surface area contributed by atoms with Gasteiger partial charge in [-0.05, 0) is 80.9 Å². The summed E-state index contributed by atoms with van der Waals surface area (Å²) >= 11 is 0. The normalized spacial score (nSPS) is 18.5. The largest absolute Gasteiger partial charge is 0.446 e. The number of aryl methyl sites for hydroxylation is 2. The molecule has 5 rings (SSSR count). The zero-order chi connectivity index (χ0) is 21.2. The first-order valence-corrected chi connectivity index (χ1v) is 11.4. The van der Waals surface area contributed by atoms with Gasteiger partial charge in [-0.25, -0.2) is 4.79 Å². The second-order valence-corrected chi connectivity index (χ2v) is 8.77. The first-order chi connectivity index (χ1) is 15.2. The smallest absolute Gasteiger partial charge is 0.411 e. The van der Waals surface area contributed by atoms with E-state index in [1.54, 1.807) is 0 Å². The van der Waals surface area contributed by atoms with Crippen LogP contribution in [0.1, 0.15) is 43.2 Å². The summed E-state index contributed by atoms with van der Waals surface area (Å²) in [6.45, 7) is 2.36. The van der Waals surface area contributed by atoms with Gasteiger partial charge in [-0.1, -0.05) is 30.7 Å². The molecule has 2 aromatic rings. The second kappa shape index (κ2) is 8.71. The lowest BCUT2D eigenvalue weighted by Gasteiger charge is -2.30. The van der Waals surface area contributed by atoms with Gasteiger partial charge in [0, 0.05) is 5.69 Å². The fourth-order valence-electron chi connectivity index (χ4n) is 4.53. The van der Waals surface area contributed by atoms with Crippen molar-refractivity contribution in [2.75, 3.05) is 29.9 Å². The molecule has 2 fully saturated rings. The minimum atomic E-state index is -0.428. The molecule has 0 atom stereocenters.